The Bertz CT molecular complexity index is 447. The Kier molecular flexibility index (Phi) is 2.10. The maximum Gasteiger partial charge on any atom is 0.196 e. The maximum absolute atomic E-state index is 11.8. The summed E-state index contributed by atoms with van der Waals surface area (Å²) in [4.78, 5) is 15.6. The van der Waals surface area contributed by atoms with Gasteiger partial charge in [0, 0.05) is 31.2 Å². The van der Waals surface area contributed by atoms with Gasteiger partial charge in [-0.1, -0.05) is 0 Å². The van der Waals surface area contributed by atoms with Crippen molar-refractivity contribution in [2.75, 3.05) is 0 Å². The van der Waals surface area contributed by atoms with E-state index in [0.29, 0.717) is 11.1 Å². The molecule has 0 aliphatic heterocycles. The molecule has 4 heteroatoms. The first-order chi connectivity index (χ1) is 6.77. The average Bonchev–Trinajstić information content (AvgIpc) is 2.65. The highest BCUT2D eigenvalue weighted by Gasteiger charge is 2.09. The lowest BCUT2D eigenvalue weighted by molar-refractivity contribution is 0.103. The highest BCUT2D eigenvalue weighted by molar-refractivity contribution is 6.08. The molecule has 0 bridgehead atoms. The standard InChI is InChI=1S/C10H9N3O/c1-13-7-9(6-12-13)10(14)8-2-4-11-5-3-8/h2-7H,1H3. The van der Waals surface area contributed by atoms with Crippen molar-refractivity contribution in [2.45, 2.75) is 0 Å². The molecule has 2 rings (SSSR count). The molecule has 0 aromatic carbocycles. The van der Waals surface area contributed by atoms with E-state index in [4.69, 9.17) is 0 Å². The molecule has 0 spiro atoms. The van der Waals surface area contributed by atoms with Crippen molar-refractivity contribution in [3.63, 3.8) is 0 Å². The maximum atomic E-state index is 11.8. The Hall–Kier alpha value is -1.97. The van der Waals surface area contributed by atoms with Crippen molar-refractivity contribution < 1.29 is 4.79 Å². The lowest BCUT2D eigenvalue weighted by Gasteiger charge is -1.95. The van der Waals surface area contributed by atoms with Gasteiger partial charge < -0.3 is 0 Å². The molecule has 0 fully saturated rings. The van der Waals surface area contributed by atoms with Crippen molar-refractivity contribution in [1.29, 1.82) is 0 Å². The number of hydrogen-bond acceptors (Lipinski definition) is 3. The third-order valence-corrected chi connectivity index (χ3v) is 1.91. The second kappa shape index (κ2) is 3.41. The Morgan fingerprint density at radius 2 is 2.00 bits per heavy atom. The molecule has 0 saturated carbocycles. The van der Waals surface area contributed by atoms with Crippen molar-refractivity contribution >= 4 is 5.78 Å². The van der Waals surface area contributed by atoms with Crippen molar-refractivity contribution in [2.24, 2.45) is 7.05 Å². The first-order valence-electron chi connectivity index (χ1n) is 4.21. The topological polar surface area (TPSA) is 47.8 Å². The fraction of sp³-hybridized carbons (Fsp3) is 0.100. The summed E-state index contributed by atoms with van der Waals surface area (Å²) < 4.78 is 1.61. The van der Waals surface area contributed by atoms with Crippen LogP contribution in [-0.2, 0) is 7.05 Å². The van der Waals surface area contributed by atoms with E-state index in [2.05, 4.69) is 10.1 Å². The SMILES string of the molecule is Cn1cc(C(=O)c2ccncc2)cn1. The summed E-state index contributed by atoms with van der Waals surface area (Å²) in [5, 5.41) is 3.94. The number of hydrogen-bond donors (Lipinski definition) is 0. The van der Waals surface area contributed by atoms with Gasteiger partial charge in [0.2, 0.25) is 0 Å². The normalized spacial score (nSPS) is 10.1. The number of aromatic nitrogens is 3. The van der Waals surface area contributed by atoms with Gasteiger partial charge in [0.15, 0.2) is 5.78 Å². The lowest BCUT2D eigenvalue weighted by Crippen LogP contribution is -1.99. The summed E-state index contributed by atoms with van der Waals surface area (Å²) in [6, 6.07) is 3.38. The molecule has 2 aromatic rings. The van der Waals surface area contributed by atoms with Gasteiger partial charge in [-0.15, -0.1) is 0 Å². The molecule has 0 aliphatic rings. The van der Waals surface area contributed by atoms with E-state index in [0.717, 1.165) is 0 Å². The summed E-state index contributed by atoms with van der Waals surface area (Å²) in [7, 11) is 1.78. The van der Waals surface area contributed by atoms with Crippen LogP contribution in [0.1, 0.15) is 15.9 Å². The first kappa shape index (κ1) is 8.62. The molecule has 0 amide bonds. The highest BCUT2D eigenvalue weighted by Crippen LogP contribution is 2.06. The molecule has 0 saturated heterocycles. The third kappa shape index (κ3) is 1.54. The van der Waals surface area contributed by atoms with Crippen molar-refractivity contribution in [1.82, 2.24) is 14.8 Å². The molecule has 0 N–H and O–H groups in total. The molecule has 2 heterocycles. The minimum atomic E-state index is -0.0273. The van der Waals surface area contributed by atoms with E-state index in [9.17, 15) is 4.79 Å². The molecular formula is C10H9N3O. The molecule has 0 atom stereocenters. The lowest BCUT2D eigenvalue weighted by atomic mass is 10.1. The number of rotatable bonds is 2. The Labute approximate surface area is 81.2 Å². The number of ketones is 1. The van der Waals surface area contributed by atoms with Crippen LogP contribution < -0.4 is 0 Å². The Morgan fingerprint density at radius 1 is 1.29 bits per heavy atom. The molecule has 2 aromatic heterocycles. The average molecular weight is 187 g/mol. The minimum absolute atomic E-state index is 0.0273. The van der Waals surface area contributed by atoms with E-state index in [1.165, 1.54) is 0 Å². The molecule has 4 nitrogen and oxygen atoms in total. The van der Waals surface area contributed by atoms with Crippen LogP contribution in [0.5, 0.6) is 0 Å². The van der Waals surface area contributed by atoms with Crippen molar-refractivity contribution in [3.05, 3.63) is 48.0 Å². The van der Waals surface area contributed by atoms with Gasteiger partial charge in [-0.2, -0.15) is 5.10 Å². The second-order valence-corrected chi connectivity index (χ2v) is 2.97. The van der Waals surface area contributed by atoms with Crippen LogP contribution in [-0.4, -0.2) is 20.5 Å². The van der Waals surface area contributed by atoms with Gasteiger partial charge in [-0.3, -0.25) is 14.5 Å². The molecule has 0 unspecified atom stereocenters. The smallest absolute Gasteiger partial charge is 0.196 e. The zero-order valence-electron chi connectivity index (χ0n) is 7.71. The van der Waals surface area contributed by atoms with Gasteiger partial charge >= 0.3 is 0 Å². The van der Waals surface area contributed by atoms with E-state index in [1.807, 2.05) is 0 Å². The predicted molar refractivity (Wildman–Crippen MR) is 50.9 cm³/mol. The zero-order chi connectivity index (χ0) is 9.97. The van der Waals surface area contributed by atoms with E-state index < -0.39 is 0 Å². The van der Waals surface area contributed by atoms with E-state index in [-0.39, 0.29) is 5.78 Å². The number of carbonyl (C=O) groups excluding carboxylic acids is 1. The fourth-order valence-electron chi connectivity index (χ4n) is 1.21. The second-order valence-electron chi connectivity index (χ2n) is 2.97. The predicted octanol–water partition coefficient (Wildman–Crippen LogP) is 1.05. The summed E-state index contributed by atoms with van der Waals surface area (Å²) in [6.07, 6.45) is 6.46. The van der Waals surface area contributed by atoms with E-state index >= 15 is 0 Å². The number of pyridine rings is 1. The van der Waals surface area contributed by atoms with Crippen LogP contribution in [0.4, 0.5) is 0 Å². The Morgan fingerprint density at radius 3 is 2.57 bits per heavy atom. The minimum Gasteiger partial charge on any atom is -0.288 e. The molecule has 0 radical (unpaired) electrons. The molecule has 0 aliphatic carbocycles. The van der Waals surface area contributed by atoms with Gasteiger partial charge in [-0.05, 0) is 12.1 Å². The van der Waals surface area contributed by atoms with Gasteiger partial charge in [0.1, 0.15) is 0 Å². The molecule has 70 valence electrons. The molecular weight excluding hydrogens is 178 g/mol. The van der Waals surface area contributed by atoms with Crippen LogP contribution in [0.3, 0.4) is 0 Å². The third-order valence-electron chi connectivity index (χ3n) is 1.91. The first-order valence-corrected chi connectivity index (χ1v) is 4.21. The number of carbonyl (C=O) groups is 1. The van der Waals surface area contributed by atoms with Crippen LogP contribution in [0, 0.1) is 0 Å². The van der Waals surface area contributed by atoms with Crippen LogP contribution in [0.15, 0.2) is 36.9 Å². The summed E-state index contributed by atoms with van der Waals surface area (Å²) in [5.41, 5.74) is 1.23. The summed E-state index contributed by atoms with van der Waals surface area (Å²) in [5.74, 6) is -0.0273. The van der Waals surface area contributed by atoms with Gasteiger partial charge in [0.25, 0.3) is 0 Å². The quantitative estimate of drug-likeness (QED) is 0.660. The number of aryl methyl sites for hydroxylation is 1. The van der Waals surface area contributed by atoms with Crippen molar-refractivity contribution in [3.8, 4) is 0 Å². The monoisotopic (exact) mass is 187 g/mol. The van der Waals surface area contributed by atoms with Gasteiger partial charge in [0.05, 0.1) is 11.8 Å². The largest absolute Gasteiger partial charge is 0.288 e. The van der Waals surface area contributed by atoms with E-state index in [1.54, 1.807) is 48.6 Å². The van der Waals surface area contributed by atoms with Gasteiger partial charge in [-0.25, -0.2) is 0 Å². The highest BCUT2D eigenvalue weighted by atomic mass is 16.1. The van der Waals surface area contributed by atoms with Crippen LogP contribution in [0.2, 0.25) is 0 Å². The summed E-state index contributed by atoms with van der Waals surface area (Å²) in [6.45, 7) is 0. The Balaban J connectivity index is 2.34. The van der Waals surface area contributed by atoms with Crippen LogP contribution in [0.25, 0.3) is 0 Å². The van der Waals surface area contributed by atoms with Crippen LogP contribution >= 0.6 is 0 Å². The zero-order valence-corrected chi connectivity index (χ0v) is 7.71. The molecule has 14 heavy (non-hydrogen) atoms. The fourth-order valence-corrected chi connectivity index (χ4v) is 1.21. The number of nitrogens with zero attached hydrogens (tertiary/aromatic N) is 3. The summed E-state index contributed by atoms with van der Waals surface area (Å²) >= 11 is 0.